The lowest BCUT2D eigenvalue weighted by Gasteiger charge is -2.16. The van der Waals surface area contributed by atoms with E-state index in [1.165, 1.54) is 24.3 Å². The summed E-state index contributed by atoms with van der Waals surface area (Å²) < 4.78 is 62.0. The largest absolute Gasteiger partial charge is 0.491 e. The zero-order valence-corrected chi connectivity index (χ0v) is 16.1. The molecule has 1 aliphatic heterocycles. The second-order valence-corrected chi connectivity index (χ2v) is 10.1. The monoisotopic (exact) mass is 412 g/mol. The minimum absolute atomic E-state index is 0.0132. The van der Waals surface area contributed by atoms with E-state index in [2.05, 4.69) is 0 Å². The quantitative estimate of drug-likeness (QED) is 0.653. The van der Waals surface area contributed by atoms with Gasteiger partial charge >= 0.3 is 0 Å². The van der Waals surface area contributed by atoms with Gasteiger partial charge in [0, 0.05) is 5.56 Å². The molecule has 1 N–H and O–H groups in total. The molecule has 7 nitrogen and oxygen atoms in total. The fourth-order valence-electron chi connectivity index (χ4n) is 3.01. The first-order chi connectivity index (χ1) is 12.9. The molecule has 0 amide bonds. The first-order valence-corrected chi connectivity index (χ1v) is 11.5. The third-order valence-electron chi connectivity index (χ3n) is 4.22. The normalized spacial score (nSPS) is 18.2. The average Bonchev–Trinajstić information content (AvgIpc) is 2.95. The first-order valence-electron chi connectivity index (χ1n) is 8.34. The van der Waals surface area contributed by atoms with Gasteiger partial charge in [0.1, 0.15) is 17.6 Å². The van der Waals surface area contributed by atoms with Crippen LogP contribution in [0.4, 0.5) is 0 Å². The fourth-order valence-corrected chi connectivity index (χ4v) is 7.36. The molecular weight excluding hydrogens is 392 g/mol. The number of hydrogen-bond donors (Lipinski definition) is 1. The van der Waals surface area contributed by atoms with Gasteiger partial charge in [0.05, 0.1) is 35.4 Å². The average molecular weight is 412 g/mol. The van der Waals surface area contributed by atoms with Crippen LogP contribution in [0.25, 0.3) is 0 Å². The minimum Gasteiger partial charge on any atom is -0.491 e. The Kier molecular flexibility index (Phi) is 5.85. The van der Waals surface area contributed by atoms with E-state index in [-0.39, 0.29) is 47.5 Å². The van der Waals surface area contributed by atoms with Gasteiger partial charge in [-0.3, -0.25) is 0 Å². The van der Waals surface area contributed by atoms with Crippen molar-refractivity contribution in [2.24, 2.45) is 0 Å². The van der Waals surface area contributed by atoms with Crippen LogP contribution >= 0.6 is 0 Å². The molecule has 1 aliphatic rings. The van der Waals surface area contributed by atoms with Crippen molar-refractivity contribution in [3.05, 3.63) is 54.1 Å². The van der Waals surface area contributed by atoms with Gasteiger partial charge in [0.25, 0.3) is 0 Å². The Morgan fingerprint density at radius 3 is 2.44 bits per heavy atom. The van der Waals surface area contributed by atoms with E-state index in [9.17, 15) is 16.8 Å². The predicted octanol–water partition coefficient (Wildman–Crippen LogP) is 1.38. The van der Waals surface area contributed by atoms with Gasteiger partial charge in [-0.05, 0) is 24.3 Å². The molecule has 2 aromatic rings. The molecule has 0 spiro atoms. The Hall–Kier alpha value is -1.94. The summed E-state index contributed by atoms with van der Waals surface area (Å²) >= 11 is 0. The molecular formula is C18H20O7S2. The Labute approximate surface area is 158 Å². The standard InChI is InChI=1S/C18H20O7S2/c19-9-10-24-11-12-25-15-7-4-8-16-18(15)17(13-26(16,20)21)27(22,23)14-5-2-1-3-6-14/h1-8,17,19H,9-13H2. The number of hydrogen-bond acceptors (Lipinski definition) is 7. The number of sulfone groups is 2. The lowest BCUT2D eigenvalue weighted by Crippen LogP contribution is -2.17. The predicted molar refractivity (Wildman–Crippen MR) is 98.3 cm³/mol. The van der Waals surface area contributed by atoms with Crippen molar-refractivity contribution in [1.82, 2.24) is 0 Å². The van der Waals surface area contributed by atoms with Gasteiger partial charge in [-0.2, -0.15) is 0 Å². The summed E-state index contributed by atoms with van der Waals surface area (Å²) in [5, 5.41) is 7.47. The second-order valence-electron chi connectivity index (χ2n) is 5.98. The van der Waals surface area contributed by atoms with Crippen molar-refractivity contribution in [2.75, 3.05) is 32.2 Å². The van der Waals surface area contributed by atoms with Crippen molar-refractivity contribution < 1.29 is 31.4 Å². The highest BCUT2D eigenvalue weighted by molar-refractivity contribution is 7.96. The highest BCUT2D eigenvalue weighted by Gasteiger charge is 2.45. The zero-order chi connectivity index (χ0) is 19.5. The van der Waals surface area contributed by atoms with E-state index in [1.807, 2.05) is 0 Å². The maximum absolute atomic E-state index is 13.1. The molecule has 1 unspecified atom stereocenters. The highest BCUT2D eigenvalue weighted by Crippen LogP contribution is 2.45. The van der Waals surface area contributed by atoms with Gasteiger partial charge in [-0.1, -0.05) is 24.3 Å². The van der Waals surface area contributed by atoms with E-state index < -0.39 is 30.7 Å². The van der Waals surface area contributed by atoms with Gasteiger partial charge in [0.15, 0.2) is 19.7 Å². The minimum atomic E-state index is -3.91. The Morgan fingerprint density at radius 1 is 1.00 bits per heavy atom. The second kappa shape index (κ2) is 7.97. The number of aliphatic hydroxyl groups is 1. The van der Waals surface area contributed by atoms with Gasteiger partial charge in [-0.15, -0.1) is 0 Å². The molecule has 1 heterocycles. The van der Waals surface area contributed by atoms with Crippen LogP contribution in [0.5, 0.6) is 5.75 Å². The molecule has 0 bridgehead atoms. The first kappa shape index (κ1) is 19.8. The number of benzene rings is 2. The number of ether oxygens (including phenoxy) is 2. The summed E-state index contributed by atoms with van der Waals surface area (Å²) in [6.45, 7) is 0.341. The molecule has 0 aliphatic carbocycles. The molecule has 0 fully saturated rings. The number of fused-ring (bicyclic) bond motifs is 1. The van der Waals surface area contributed by atoms with Crippen LogP contribution in [-0.4, -0.2) is 54.1 Å². The molecule has 0 saturated heterocycles. The molecule has 0 aromatic heterocycles. The maximum Gasteiger partial charge on any atom is 0.186 e. The van der Waals surface area contributed by atoms with Crippen LogP contribution in [0.3, 0.4) is 0 Å². The lowest BCUT2D eigenvalue weighted by atomic mass is 10.1. The van der Waals surface area contributed by atoms with Crippen LogP contribution in [-0.2, 0) is 24.4 Å². The van der Waals surface area contributed by atoms with Crippen molar-refractivity contribution in [3.8, 4) is 5.75 Å². The van der Waals surface area contributed by atoms with Crippen LogP contribution in [0.2, 0.25) is 0 Å². The molecule has 1 atom stereocenters. The fraction of sp³-hybridized carbons (Fsp3) is 0.333. The van der Waals surface area contributed by atoms with E-state index in [1.54, 1.807) is 24.3 Å². The van der Waals surface area contributed by atoms with Crippen molar-refractivity contribution in [1.29, 1.82) is 0 Å². The SMILES string of the molecule is O=S1(=O)CC(S(=O)(=O)c2ccccc2)c2c(OCCOCCO)cccc21. The van der Waals surface area contributed by atoms with Gasteiger partial charge in [0.2, 0.25) is 0 Å². The lowest BCUT2D eigenvalue weighted by molar-refractivity contribution is 0.0702. The molecule has 2 aromatic carbocycles. The summed E-state index contributed by atoms with van der Waals surface area (Å²) in [7, 11) is -7.64. The molecule has 0 saturated carbocycles. The van der Waals surface area contributed by atoms with Crippen molar-refractivity contribution >= 4 is 19.7 Å². The summed E-state index contributed by atoms with van der Waals surface area (Å²) in [6.07, 6.45) is 0. The number of rotatable bonds is 8. The van der Waals surface area contributed by atoms with Gasteiger partial charge in [-0.25, -0.2) is 16.8 Å². The van der Waals surface area contributed by atoms with E-state index in [0.717, 1.165) is 0 Å². The van der Waals surface area contributed by atoms with Crippen LogP contribution in [0.15, 0.2) is 58.3 Å². The van der Waals surface area contributed by atoms with E-state index in [0.29, 0.717) is 0 Å². The summed E-state index contributed by atoms with van der Waals surface area (Å²) in [5.74, 6) is -0.299. The maximum atomic E-state index is 13.1. The summed E-state index contributed by atoms with van der Waals surface area (Å²) in [6, 6.07) is 12.3. The van der Waals surface area contributed by atoms with Gasteiger partial charge < -0.3 is 14.6 Å². The molecule has 146 valence electrons. The summed E-state index contributed by atoms with van der Waals surface area (Å²) in [5.41, 5.74) is 0.170. The number of aliphatic hydroxyl groups excluding tert-OH is 1. The van der Waals surface area contributed by atoms with Crippen molar-refractivity contribution in [3.63, 3.8) is 0 Å². The van der Waals surface area contributed by atoms with Crippen LogP contribution < -0.4 is 4.74 Å². The van der Waals surface area contributed by atoms with E-state index >= 15 is 0 Å². The zero-order valence-electron chi connectivity index (χ0n) is 14.4. The van der Waals surface area contributed by atoms with Crippen LogP contribution in [0.1, 0.15) is 10.8 Å². The Bertz CT molecular complexity index is 999. The van der Waals surface area contributed by atoms with E-state index in [4.69, 9.17) is 14.6 Å². The highest BCUT2D eigenvalue weighted by atomic mass is 32.2. The molecule has 3 rings (SSSR count). The summed E-state index contributed by atoms with van der Waals surface area (Å²) in [4.78, 5) is 0.0555. The Balaban J connectivity index is 1.97. The Morgan fingerprint density at radius 2 is 1.74 bits per heavy atom. The van der Waals surface area contributed by atoms with Crippen molar-refractivity contribution in [2.45, 2.75) is 15.0 Å². The van der Waals surface area contributed by atoms with Crippen LogP contribution in [0, 0.1) is 0 Å². The molecule has 0 radical (unpaired) electrons. The smallest absolute Gasteiger partial charge is 0.186 e. The molecule has 27 heavy (non-hydrogen) atoms. The third kappa shape index (κ3) is 4.01. The molecule has 9 heteroatoms. The topological polar surface area (TPSA) is 107 Å². The third-order valence-corrected chi connectivity index (χ3v) is 8.31.